The van der Waals surface area contributed by atoms with Crippen molar-refractivity contribution in [3.05, 3.63) is 51.8 Å². The Morgan fingerprint density at radius 2 is 2.12 bits per heavy atom. The molecule has 0 unspecified atom stereocenters. The Bertz CT molecular complexity index is 576. The third-order valence-electron chi connectivity index (χ3n) is 2.31. The van der Waals surface area contributed by atoms with E-state index in [-0.39, 0.29) is 11.3 Å². The lowest BCUT2D eigenvalue weighted by atomic mass is 10.1. The molecule has 0 aliphatic rings. The van der Waals surface area contributed by atoms with E-state index in [0.29, 0.717) is 4.47 Å². The minimum absolute atomic E-state index is 0.175. The van der Waals surface area contributed by atoms with Gasteiger partial charge in [0.25, 0.3) is 0 Å². The second kappa shape index (κ2) is 4.37. The lowest BCUT2D eigenvalue weighted by Crippen LogP contribution is -2.11. The summed E-state index contributed by atoms with van der Waals surface area (Å²) in [7, 11) is 1.55. The standard InChI is InChI=1S/C11H7BrF2N2O/c1-16-10(7(12)5-15-16)11(17)6-3-2-4-8(13)9(6)14/h2-5H,1H3. The van der Waals surface area contributed by atoms with Crippen LogP contribution >= 0.6 is 15.9 Å². The van der Waals surface area contributed by atoms with Gasteiger partial charge >= 0.3 is 0 Å². The molecule has 0 fully saturated rings. The highest BCUT2D eigenvalue weighted by Crippen LogP contribution is 2.21. The van der Waals surface area contributed by atoms with Gasteiger partial charge in [-0.1, -0.05) is 6.07 Å². The van der Waals surface area contributed by atoms with Gasteiger partial charge in [0.05, 0.1) is 16.2 Å². The Morgan fingerprint density at radius 3 is 2.71 bits per heavy atom. The summed E-state index contributed by atoms with van der Waals surface area (Å²) in [6.45, 7) is 0. The van der Waals surface area contributed by atoms with Crippen molar-refractivity contribution in [2.45, 2.75) is 0 Å². The van der Waals surface area contributed by atoms with Gasteiger partial charge in [-0.15, -0.1) is 0 Å². The minimum atomic E-state index is -1.15. The fourth-order valence-electron chi connectivity index (χ4n) is 1.47. The highest BCUT2D eigenvalue weighted by atomic mass is 79.9. The molecule has 0 aliphatic heterocycles. The Kier molecular flexibility index (Phi) is 3.06. The summed E-state index contributed by atoms with van der Waals surface area (Å²) in [5.74, 6) is -2.81. The highest BCUT2D eigenvalue weighted by Gasteiger charge is 2.21. The third kappa shape index (κ3) is 2.00. The number of aromatic nitrogens is 2. The van der Waals surface area contributed by atoms with Gasteiger partial charge in [-0.05, 0) is 28.1 Å². The predicted octanol–water partition coefficient (Wildman–Crippen LogP) is 2.69. The van der Waals surface area contributed by atoms with Gasteiger partial charge in [0.2, 0.25) is 5.78 Å². The van der Waals surface area contributed by atoms with E-state index >= 15 is 0 Å². The summed E-state index contributed by atoms with van der Waals surface area (Å²) >= 11 is 3.14. The van der Waals surface area contributed by atoms with E-state index in [4.69, 9.17) is 0 Å². The zero-order valence-corrected chi connectivity index (χ0v) is 10.3. The number of hydrogen-bond donors (Lipinski definition) is 0. The first kappa shape index (κ1) is 11.9. The van der Waals surface area contributed by atoms with Gasteiger partial charge in [-0.25, -0.2) is 8.78 Å². The predicted molar refractivity (Wildman–Crippen MR) is 60.7 cm³/mol. The number of halogens is 3. The summed E-state index contributed by atoms with van der Waals surface area (Å²) < 4.78 is 28.2. The molecule has 2 rings (SSSR count). The van der Waals surface area contributed by atoms with Gasteiger partial charge in [0, 0.05) is 7.05 Å². The molecule has 88 valence electrons. The molecule has 0 amide bonds. The van der Waals surface area contributed by atoms with Crippen molar-refractivity contribution in [1.29, 1.82) is 0 Å². The molecule has 1 aromatic heterocycles. The maximum atomic E-state index is 13.5. The number of benzene rings is 1. The second-order valence-corrected chi connectivity index (χ2v) is 4.25. The van der Waals surface area contributed by atoms with Crippen LogP contribution in [0, 0.1) is 11.6 Å². The maximum Gasteiger partial charge on any atom is 0.215 e. The summed E-state index contributed by atoms with van der Waals surface area (Å²) in [6.07, 6.45) is 1.42. The fraction of sp³-hybridized carbons (Fsp3) is 0.0909. The summed E-state index contributed by atoms with van der Waals surface area (Å²) in [4.78, 5) is 12.0. The molecule has 0 N–H and O–H groups in total. The fourth-order valence-corrected chi connectivity index (χ4v) is 2.00. The van der Waals surface area contributed by atoms with Crippen LogP contribution in [0.2, 0.25) is 0 Å². The van der Waals surface area contributed by atoms with E-state index in [0.717, 1.165) is 6.07 Å². The zero-order valence-electron chi connectivity index (χ0n) is 8.75. The molecule has 0 saturated carbocycles. The van der Waals surface area contributed by atoms with E-state index in [1.165, 1.54) is 23.0 Å². The van der Waals surface area contributed by atoms with Crippen LogP contribution in [-0.2, 0) is 7.05 Å². The first-order valence-corrected chi connectivity index (χ1v) is 5.48. The lowest BCUT2D eigenvalue weighted by molar-refractivity contribution is 0.102. The van der Waals surface area contributed by atoms with Crippen LogP contribution in [0.25, 0.3) is 0 Å². The number of carbonyl (C=O) groups is 1. The van der Waals surface area contributed by atoms with Crippen LogP contribution in [0.5, 0.6) is 0 Å². The molecule has 0 spiro atoms. The molecule has 1 heterocycles. The third-order valence-corrected chi connectivity index (χ3v) is 2.89. The van der Waals surface area contributed by atoms with E-state index in [1.807, 2.05) is 0 Å². The van der Waals surface area contributed by atoms with Crippen molar-refractivity contribution >= 4 is 21.7 Å². The minimum Gasteiger partial charge on any atom is -0.287 e. The Balaban J connectivity index is 2.55. The summed E-state index contributed by atoms with van der Waals surface area (Å²) in [5.41, 5.74) is -0.135. The molecule has 17 heavy (non-hydrogen) atoms. The monoisotopic (exact) mass is 300 g/mol. The molecular formula is C11H7BrF2N2O. The smallest absolute Gasteiger partial charge is 0.215 e. The molecule has 1 aromatic carbocycles. The van der Waals surface area contributed by atoms with Crippen molar-refractivity contribution in [1.82, 2.24) is 9.78 Å². The lowest BCUT2D eigenvalue weighted by Gasteiger charge is -2.04. The summed E-state index contributed by atoms with van der Waals surface area (Å²) in [6, 6.07) is 3.49. The van der Waals surface area contributed by atoms with Crippen molar-refractivity contribution in [3.8, 4) is 0 Å². The molecule has 0 saturated heterocycles. The number of nitrogens with zero attached hydrogens (tertiary/aromatic N) is 2. The molecule has 0 radical (unpaired) electrons. The molecule has 0 aliphatic carbocycles. The van der Waals surface area contributed by atoms with Gasteiger partial charge < -0.3 is 0 Å². The maximum absolute atomic E-state index is 13.5. The highest BCUT2D eigenvalue weighted by molar-refractivity contribution is 9.10. The average Bonchev–Trinajstić information content (AvgIpc) is 2.62. The Hall–Kier alpha value is -1.56. The molecule has 2 aromatic rings. The van der Waals surface area contributed by atoms with Gasteiger partial charge in [0.1, 0.15) is 5.69 Å². The molecule has 6 heteroatoms. The van der Waals surface area contributed by atoms with Crippen LogP contribution in [0.3, 0.4) is 0 Å². The number of carbonyl (C=O) groups excluding carboxylic acids is 1. The SMILES string of the molecule is Cn1ncc(Br)c1C(=O)c1cccc(F)c1F. The van der Waals surface area contributed by atoms with Gasteiger partial charge in [-0.2, -0.15) is 5.10 Å². The Labute approximate surface area is 104 Å². The van der Waals surface area contributed by atoms with Crippen molar-refractivity contribution < 1.29 is 13.6 Å². The number of rotatable bonds is 2. The Morgan fingerprint density at radius 1 is 1.41 bits per heavy atom. The second-order valence-electron chi connectivity index (χ2n) is 3.40. The van der Waals surface area contributed by atoms with Crippen LogP contribution in [0.1, 0.15) is 16.1 Å². The van der Waals surface area contributed by atoms with E-state index < -0.39 is 17.4 Å². The molecular weight excluding hydrogens is 294 g/mol. The number of ketones is 1. The van der Waals surface area contributed by atoms with Crippen LogP contribution in [0.4, 0.5) is 8.78 Å². The van der Waals surface area contributed by atoms with E-state index in [2.05, 4.69) is 21.0 Å². The topological polar surface area (TPSA) is 34.9 Å². The van der Waals surface area contributed by atoms with Crippen molar-refractivity contribution in [3.63, 3.8) is 0 Å². The molecule has 0 bridgehead atoms. The first-order chi connectivity index (χ1) is 8.02. The quantitative estimate of drug-likeness (QED) is 0.799. The van der Waals surface area contributed by atoms with E-state index in [1.54, 1.807) is 7.05 Å². The first-order valence-electron chi connectivity index (χ1n) is 4.68. The zero-order chi connectivity index (χ0) is 12.6. The van der Waals surface area contributed by atoms with Crippen LogP contribution < -0.4 is 0 Å². The summed E-state index contributed by atoms with van der Waals surface area (Å²) in [5, 5.41) is 3.85. The van der Waals surface area contributed by atoms with Crippen LogP contribution in [0.15, 0.2) is 28.9 Å². The van der Waals surface area contributed by atoms with Crippen molar-refractivity contribution in [2.24, 2.45) is 7.05 Å². The van der Waals surface area contributed by atoms with Crippen molar-refractivity contribution in [2.75, 3.05) is 0 Å². The van der Waals surface area contributed by atoms with E-state index in [9.17, 15) is 13.6 Å². The average molecular weight is 301 g/mol. The number of aryl methyl sites for hydroxylation is 1. The van der Waals surface area contributed by atoms with Gasteiger partial charge in [-0.3, -0.25) is 9.48 Å². The molecule has 3 nitrogen and oxygen atoms in total. The van der Waals surface area contributed by atoms with Crippen LogP contribution in [-0.4, -0.2) is 15.6 Å². The number of hydrogen-bond acceptors (Lipinski definition) is 2. The van der Waals surface area contributed by atoms with Gasteiger partial charge in [0.15, 0.2) is 11.6 Å². The largest absolute Gasteiger partial charge is 0.287 e. The molecule has 0 atom stereocenters. The normalized spacial score (nSPS) is 10.6.